The van der Waals surface area contributed by atoms with Gasteiger partial charge in [-0.15, -0.1) is 0 Å². The summed E-state index contributed by atoms with van der Waals surface area (Å²) >= 11 is 0. The molecule has 3 aromatic carbocycles. The number of carbonyl (C=O) groups excluding carboxylic acids is 1. The van der Waals surface area contributed by atoms with Crippen molar-refractivity contribution in [2.45, 2.75) is 13.8 Å². The van der Waals surface area contributed by atoms with Gasteiger partial charge in [-0.05, 0) is 23.8 Å². The molecular weight excluding hydrogens is 412 g/mol. The molecule has 7 heteroatoms. The standard InChI is InChI=1S/C26H22N6O/c1-17-25(18(2)32(31-17)21-12-4-3-5-13-21)23-15-24(29-28-23)26(33)30-27-16-20-11-8-10-19-9-6-7-14-22(19)20/h3-16H,1-2H3,(H2,28,29,30,33)/p+1/b27-16+. The van der Waals surface area contributed by atoms with E-state index in [0.29, 0.717) is 11.4 Å². The average molecular weight is 436 g/mol. The monoisotopic (exact) mass is 435 g/mol. The van der Waals surface area contributed by atoms with E-state index in [-0.39, 0.29) is 5.91 Å². The number of H-pyrrole nitrogens is 2. The van der Waals surface area contributed by atoms with E-state index in [0.717, 1.165) is 39.0 Å². The number of hydrazone groups is 1. The second kappa shape index (κ2) is 8.55. The number of carbonyl (C=O) groups is 1. The van der Waals surface area contributed by atoms with Crippen molar-refractivity contribution in [3.63, 3.8) is 0 Å². The van der Waals surface area contributed by atoms with Crippen LogP contribution in [0, 0.1) is 13.8 Å². The molecule has 1 amide bonds. The van der Waals surface area contributed by atoms with Gasteiger partial charge in [-0.3, -0.25) is 9.89 Å². The molecule has 0 radical (unpaired) electrons. The zero-order valence-corrected chi connectivity index (χ0v) is 18.3. The Morgan fingerprint density at radius 2 is 1.76 bits per heavy atom. The third kappa shape index (κ3) is 3.92. The Bertz CT molecular complexity index is 1470. The first-order valence-corrected chi connectivity index (χ1v) is 10.7. The van der Waals surface area contributed by atoms with Crippen molar-refractivity contribution in [1.29, 1.82) is 0 Å². The zero-order valence-electron chi connectivity index (χ0n) is 18.3. The van der Waals surface area contributed by atoms with Gasteiger partial charge in [0.1, 0.15) is 11.4 Å². The van der Waals surface area contributed by atoms with Crippen LogP contribution in [0.25, 0.3) is 27.7 Å². The molecule has 7 nitrogen and oxygen atoms in total. The summed E-state index contributed by atoms with van der Waals surface area (Å²) in [5.41, 5.74) is 8.50. The quantitative estimate of drug-likeness (QED) is 0.219. The van der Waals surface area contributed by atoms with Gasteiger partial charge in [-0.2, -0.15) is 15.3 Å². The van der Waals surface area contributed by atoms with Gasteiger partial charge in [-0.1, -0.05) is 65.3 Å². The Morgan fingerprint density at radius 3 is 2.61 bits per heavy atom. The number of amides is 1. The highest BCUT2D eigenvalue weighted by atomic mass is 16.2. The lowest BCUT2D eigenvalue weighted by Crippen LogP contribution is -2.35. The fourth-order valence-corrected chi connectivity index (χ4v) is 4.05. The lowest BCUT2D eigenvalue weighted by molar-refractivity contribution is -0.661. The third-order valence-corrected chi connectivity index (χ3v) is 5.64. The number of nitrogens with zero attached hydrogens (tertiary/aromatic N) is 3. The van der Waals surface area contributed by atoms with Crippen molar-refractivity contribution < 1.29 is 9.48 Å². The van der Waals surface area contributed by atoms with Gasteiger partial charge in [0.2, 0.25) is 11.4 Å². The maximum Gasteiger partial charge on any atom is 0.289 e. The number of fused-ring (bicyclic) bond motifs is 1. The van der Waals surface area contributed by atoms with E-state index in [1.165, 1.54) is 0 Å². The van der Waals surface area contributed by atoms with Crippen molar-refractivity contribution >= 4 is 22.9 Å². The van der Waals surface area contributed by atoms with E-state index in [9.17, 15) is 4.79 Å². The number of hydrogen-bond donors (Lipinski definition) is 3. The summed E-state index contributed by atoms with van der Waals surface area (Å²) in [5, 5.41) is 16.9. The first-order valence-electron chi connectivity index (χ1n) is 10.7. The molecule has 0 saturated heterocycles. The fourth-order valence-electron chi connectivity index (χ4n) is 4.05. The highest BCUT2D eigenvalue weighted by molar-refractivity contribution is 6.00. The third-order valence-electron chi connectivity index (χ3n) is 5.64. The lowest BCUT2D eigenvalue weighted by atomic mass is 10.1. The van der Waals surface area contributed by atoms with Crippen LogP contribution < -0.4 is 10.1 Å². The molecule has 0 fully saturated rings. The van der Waals surface area contributed by atoms with E-state index >= 15 is 0 Å². The van der Waals surface area contributed by atoms with Crippen LogP contribution in [0.15, 0.2) is 84.0 Å². The Kier molecular flexibility index (Phi) is 5.28. The molecule has 2 heterocycles. The van der Waals surface area contributed by atoms with Gasteiger partial charge < -0.3 is 0 Å². The van der Waals surface area contributed by atoms with Crippen molar-refractivity contribution in [3.05, 3.63) is 102 Å². The van der Waals surface area contributed by atoms with E-state index in [2.05, 4.69) is 25.8 Å². The van der Waals surface area contributed by atoms with Crippen molar-refractivity contribution in [1.82, 2.24) is 20.7 Å². The molecule has 3 N–H and O–H groups in total. The minimum absolute atomic E-state index is 0.339. The number of aromatic amines is 2. The maximum atomic E-state index is 12.6. The molecule has 33 heavy (non-hydrogen) atoms. The molecule has 162 valence electrons. The summed E-state index contributed by atoms with van der Waals surface area (Å²) in [5.74, 6) is -0.355. The Hall–Kier alpha value is -4.52. The molecule has 5 aromatic rings. The highest BCUT2D eigenvalue weighted by Crippen LogP contribution is 2.24. The molecule has 0 saturated carbocycles. The minimum Gasteiger partial charge on any atom is -0.272 e. The SMILES string of the molecule is Cc1[nH][n+](-c2ccccc2)c(C)c1-c1cc(C(=O)N/N=C/c2cccc3ccccc23)[nH]n1. The van der Waals surface area contributed by atoms with Crippen LogP contribution in [0.5, 0.6) is 0 Å². The van der Waals surface area contributed by atoms with E-state index in [1.54, 1.807) is 12.3 Å². The highest BCUT2D eigenvalue weighted by Gasteiger charge is 2.24. The van der Waals surface area contributed by atoms with Crippen LogP contribution >= 0.6 is 0 Å². The Labute approximate surface area is 190 Å². The summed E-state index contributed by atoms with van der Waals surface area (Å²) in [7, 11) is 0. The number of hydrogen-bond acceptors (Lipinski definition) is 3. The molecule has 0 aliphatic carbocycles. The summed E-state index contributed by atoms with van der Waals surface area (Å²) in [4.78, 5) is 12.6. The molecule has 0 aliphatic heterocycles. The number of nitrogens with one attached hydrogen (secondary N) is 3. The summed E-state index contributed by atoms with van der Waals surface area (Å²) in [6.45, 7) is 4.01. The van der Waals surface area contributed by atoms with Gasteiger partial charge in [-0.25, -0.2) is 5.43 Å². The van der Waals surface area contributed by atoms with Gasteiger partial charge in [0.05, 0.1) is 17.5 Å². The molecule has 2 aromatic heterocycles. The predicted molar refractivity (Wildman–Crippen MR) is 128 cm³/mol. The molecule has 0 bridgehead atoms. The molecule has 0 atom stereocenters. The van der Waals surface area contributed by atoms with Crippen LogP contribution in [0.1, 0.15) is 27.4 Å². The van der Waals surface area contributed by atoms with Gasteiger partial charge in [0, 0.05) is 24.6 Å². The summed E-state index contributed by atoms with van der Waals surface area (Å²) in [6.07, 6.45) is 1.65. The molecular formula is C26H23N6O+. The van der Waals surface area contributed by atoms with Crippen molar-refractivity contribution in [3.8, 4) is 16.9 Å². The van der Waals surface area contributed by atoms with Crippen LogP contribution in [0.3, 0.4) is 0 Å². The molecule has 0 spiro atoms. The van der Waals surface area contributed by atoms with E-state index < -0.39 is 0 Å². The van der Waals surface area contributed by atoms with Gasteiger partial charge >= 0.3 is 0 Å². The fraction of sp³-hybridized carbons (Fsp3) is 0.0769. The van der Waals surface area contributed by atoms with Crippen molar-refractivity contribution in [2.24, 2.45) is 5.10 Å². The van der Waals surface area contributed by atoms with Crippen LogP contribution in [-0.4, -0.2) is 27.4 Å². The number of benzene rings is 3. The smallest absolute Gasteiger partial charge is 0.272 e. The molecule has 0 aliphatic rings. The van der Waals surface area contributed by atoms with Crippen molar-refractivity contribution in [2.75, 3.05) is 0 Å². The first-order chi connectivity index (χ1) is 16.1. The van der Waals surface area contributed by atoms with E-state index in [1.807, 2.05) is 91.3 Å². The van der Waals surface area contributed by atoms with Crippen LogP contribution in [0.2, 0.25) is 0 Å². The summed E-state index contributed by atoms with van der Waals surface area (Å²) in [6, 6.07) is 25.8. The topological polar surface area (TPSA) is 89.8 Å². The number of rotatable bonds is 5. The molecule has 5 rings (SSSR count). The van der Waals surface area contributed by atoms with E-state index in [4.69, 9.17) is 0 Å². The second-order valence-corrected chi connectivity index (χ2v) is 7.80. The number of aromatic nitrogens is 4. The first kappa shape index (κ1) is 20.4. The lowest BCUT2D eigenvalue weighted by Gasteiger charge is -2.01. The second-order valence-electron chi connectivity index (χ2n) is 7.80. The zero-order chi connectivity index (χ0) is 22.8. The van der Waals surface area contributed by atoms with Gasteiger partial charge in [0.15, 0.2) is 0 Å². The Morgan fingerprint density at radius 1 is 1.00 bits per heavy atom. The largest absolute Gasteiger partial charge is 0.289 e. The molecule has 0 unspecified atom stereocenters. The average Bonchev–Trinajstić information content (AvgIpc) is 3.44. The Balaban J connectivity index is 1.35. The predicted octanol–water partition coefficient (Wildman–Crippen LogP) is 4.22. The maximum absolute atomic E-state index is 12.6. The van der Waals surface area contributed by atoms with Crippen LogP contribution in [-0.2, 0) is 0 Å². The number of para-hydroxylation sites is 1. The summed E-state index contributed by atoms with van der Waals surface area (Å²) < 4.78 is 2.01. The van der Waals surface area contributed by atoms with Crippen LogP contribution in [0.4, 0.5) is 0 Å². The normalized spacial score (nSPS) is 11.3. The minimum atomic E-state index is -0.355. The number of aryl methyl sites for hydroxylation is 1. The van der Waals surface area contributed by atoms with Gasteiger partial charge in [0.25, 0.3) is 5.91 Å².